The summed E-state index contributed by atoms with van der Waals surface area (Å²) in [5.41, 5.74) is 5.88. The fourth-order valence-corrected chi connectivity index (χ4v) is 3.97. The fraction of sp³-hybridized carbons (Fsp3) is 0.150. The van der Waals surface area contributed by atoms with E-state index < -0.39 is 0 Å². The molecule has 2 aromatic heterocycles. The van der Waals surface area contributed by atoms with Crippen LogP contribution in [0.5, 0.6) is 0 Å². The Bertz CT molecular complexity index is 1150. The molecule has 5 rings (SSSR count). The van der Waals surface area contributed by atoms with Crippen molar-refractivity contribution < 1.29 is 13.2 Å². The highest BCUT2D eigenvalue weighted by Gasteiger charge is 2.19. The highest BCUT2D eigenvalue weighted by Crippen LogP contribution is 2.37. The summed E-state index contributed by atoms with van der Waals surface area (Å²) >= 11 is 5.39. The minimum atomic E-state index is -0.244. The molecule has 1 aliphatic rings. The van der Waals surface area contributed by atoms with Gasteiger partial charge in [0.25, 0.3) is 0 Å². The Morgan fingerprint density at radius 2 is 1.71 bits per heavy atom. The Balaban J connectivity index is 1.83. The molecule has 0 fully saturated rings. The van der Waals surface area contributed by atoms with Gasteiger partial charge in [-0.3, -0.25) is 0 Å². The number of rotatable bonds is 1. The third-order valence-electron chi connectivity index (χ3n) is 4.82. The molecule has 0 bridgehead atoms. The van der Waals surface area contributed by atoms with Crippen molar-refractivity contribution in [3.8, 4) is 11.1 Å². The van der Waals surface area contributed by atoms with Gasteiger partial charge in [-0.15, -0.1) is 0 Å². The van der Waals surface area contributed by atoms with Gasteiger partial charge in [0.2, 0.25) is 0 Å². The molecule has 0 saturated heterocycles. The van der Waals surface area contributed by atoms with Crippen LogP contribution in [-0.2, 0) is 12.8 Å². The van der Waals surface area contributed by atoms with E-state index in [9.17, 15) is 4.39 Å². The van der Waals surface area contributed by atoms with E-state index >= 15 is 0 Å². The van der Waals surface area contributed by atoms with Gasteiger partial charge in [0.15, 0.2) is 4.71 Å². The van der Waals surface area contributed by atoms with E-state index in [1.54, 1.807) is 18.4 Å². The van der Waals surface area contributed by atoms with E-state index in [1.165, 1.54) is 23.3 Å². The topological polar surface area (TPSA) is 26.3 Å². The summed E-state index contributed by atoms with van der Waals surface area (Å²) < 4.78 is 25.4. The molecule has 2 heterocycles. The van der Waals surface area contributed by atoms with Gasteiger partial charge >= 0.3 is 0 Å². The van der Waals surface area contributed by atoms with Crippen LogP contribution in [0.25, 0.3) is 33.1 Å². The molecule has 1 aliphatic carbocycles. The summed E-state index contributed by atoms with van der Waals surface area (Å²) in [5.74, 6) is -0.244. The standard InChI is InChI=1S/C20H13FO2S/c21-12-6-4-11(5-7-12)17-10-22-18-9-19-15(8-16(17)18)13-2-1-3-14(13)20(24)23-19/h4-10H,1-3H2. The Morgan fingerprint density at radius 1 is 0.917 bits per heavy atom. The monoisotopic (exact) mass is 336 g/mol. The number of benzene rings is 2. The van der Waals surface area contributed by atoms with Gasteiger partial charge in [0, 0.05) is 28.0 Å². The lowest BCUT2D eigenvalue weighted by Gasteiger charge is -2.06. The van der Waals surface area contributed by atoms with Crippen LogP contribution in [-0.4, -0.2) is 0 Å². The summed E-state index contributed by atoms with van der Waals surface area (Å²) in [7, 11) is 0. The largest absolute Gasteiger partial charge is 0.464 e. The maximum absolute atomic E-state index is 13.2. The van der Waals surface area contributed by atoms with Crippen LogP contribution in [0.2, 0.25) is 0 Å². The Hall–Kier alpha value is -2.46. The molecule has 4 heteroatoms. The molecule has 24 heavy (non-hydrogen) atoms. The molecule has 0 N–H and O–H groups in total. The number of halogens is 1. The highest BCUT2D eigenvalue weighted by molar-refractivity contribution is 7.71. The average Bonchev–Trinajstić information content (AvgIpc) is 3.21. The number of hydrogen-bond acceptors (Lipinski definition) is 3. The molecule has 0 atom stereocenters. The second kappa shape index (κ2) is 5.02. The average molecular weight is 336 g/mol. The fourth-order valence-electron chi connectivity index (χ4n) is 3.66. The van der Waals surface area contributed by atoms with Crippen molar-refractivity contribution in [1.29, 1.82) is 0 Å². The lowest BCUT2D eigenvalue weighted by atomic mass is 10.0. The Kier molecular flexibility index (Phi) is 2.91. The van der Waals surface area contributed by atoms with Gasteiger partial charge in [-0.2, -0.15) is 0 Å². The third-order valence-corrected chi connectivity index (χ3v) is 5.15. The first-order chi connectivity index (χ1) is 11.7. The maximum Gasteiger partial charge on any atom is 0.194 e. The van der Waals surface area contributed by atoms with E-state index in [4.69, 9.17) is 21.1 Å². The van der Waals surface area contributed by atoms with E-state index in [0.717, 1.165) is 52.3 Å². The van der Waals surface area contributed by atoms with Gasteiger partial charge in [0.1, 0.15) is 17.0 Å². The van der Waals surface area contributed by atoms with Gasteiger partial charge in [-0.05, 0) is 60.8 Å². The second-order valence-corrected chi connectivity index (χ2v) is 6.57. The van der Waals surface area contributed by atoms with E-state index in [2.05, 4.69) is 6.07 Å². The summed E-state index contributed by atoms with van der Waals surface area (Å²) in [6, 6.07) is 10.5. The SMILES string of the molecule is Fc1ccc(-c2coc3cc4oc(=S)c5c(c4cc23)CCC5)cc1. The van der Waals surface area contributed by atoms with Crippen LogP contribution >= 0.6 is 12.2 Å². The normalized spacial score (nSPS) is 13.7. The minimum absolute atomic E-state index is 0.244. The molecule has 118 valence electrons. The molecule has 4 aromatic rings. The van der Waals surface area contributed by atoms with Crippen LogP contribution in [0.1, 0.15) is 17.5 Å². The predicted molar refractivity (Wildman–Crippen MR) is 94.2 cm³/mol. The van der Waals surface area contributed by atoms with E-state index in [0.29, 0.717) is 4.71 Å². The van der Waals surface area contributed by atoms with Gasteiger partial charge in [0.05, 0.1) is 6.26 Å². The number of fused-ring (bicyclic) bond motifs is 4. The summed E-state index contributed by atoms with van der Waals surface area (Å²) in [6.45, 7) is 0. The quantitative estimate of drug-likeness (QED) is 0.387. The van der Waals surface area contributed by atoms with Crippen LogP contribution in [0.15, 0.2) is 51.5 Å². The molecule has 0 saturated carbocycles. The van der Waals surface area contributed by atoms with Crippen LogP contribution in [0.3, 0.4) is 0 Å². The van der Waals surface area contributed by atoms with Crippen molar-refractivity contribution in [2.75, 3.05) is 0 Å². The number of hydrogen-bond donors (Lipinski definition) is 0. The predicted octanol–water partition coefficient (Wildman–Crippen LogP) is 6.20. The minimum Gasteiger partial charge on any atom is -0.464 e. The Labute approximate surface area is 142 Å². The molecule has 0 aliphatic heterocycles. The molecule has 2 aromatic carbocycles. The van der Waals surface area contributed by atoms with Crippen molar-refractivity contribution in [1.82, 2.24) is 0 Å². The van der Waals surface area contributed by atoms with Crippen molar-refractivity contribution in [3.05, 3.63) is 64.3 Å². The first-order valence-corrected chi connectivity index (χ1v) is 8.37. The van der Waals surface area contributed by atoms with Crippen LogP contribution < -0.4 is 0 Å². The van der Waals surface area contributed by atoms with Gasteiger partial charge < -0.3 is 8.83 Å². The smallest absolute Gasteiger partial charge is 0.194 e. The molecule has 0 unspecified atom stereocenters. The van der Waals surface area contributed by atoms with Crippen molar-refractivity contribution >= 4 is 34.2 Å². The van der Waals surface area contributed by atoms with Gasteiger partial charge in [-0.25, -0.2) is 4.39 Å². The number of furan rings is 1. The first kappa shape index (κ1) is 13.9. The van der Waals surface area contributed by atoms with E-state index in [-0.39, 0.29) is 5.82 Å². The summed E-state index contributed by atoms with van der Waals surface area (Å²) in [6.07, 6.45) is 4.84. The molecular weight excluding hydrogens is 323 g/mol. The second-order valence-electron chi connectivity index (χ2n) is 6.20. The molecular formula is C20H13FO2S. The lowest BCUT2D eigenvalue weighted by Crippen LogP contribution is -1.87. The zero-order valence-electron chi connectivity index (χ0n) is 12.8. The van der Waals surface area contributed by atoms with Crippen molar-refractivity contribution in [2.45, 2.75) is 19.3 Å². The first-order valence-electron chi connectivity index (χ1n) is 7.96. The summed E-state index contributed by atoms with van der Waals surface area (Å²) in [4.78, 5) is 0. The van der Waals surface area contributed by atoms with E-state index in [1.807, 2.05) is 6.07 Å². The zero-order chi connectivity index (χ0) is 16.3. The van der Waals surface area contributed by atoms with Gasteiger partial charge in [-0.1, -0.05) is 12.1 Å². The van der Waals surface area contributed by atoms with Crippen LogP contribution in [0.4, 0.5) is 4.39 Å². The third kappa shape index (κ3) is 1.96. The van der Waals surface area contributed by atoms with Crippen LogP contribution in [0, 0.1) is 10.5 Å². The maximum atomic E-state index is 13.2. The molecule has 0 radical (unpaired) electrons. The lowest BCUT2D eigenvalue weighted by molar-refractivity contribution is 0.575. The molecule has 2 nitrogen and oxygen atoms in total. The van der Waals surface area contributed by atoms with Crippen molar-refractivity contribution in [3.63, 3.8) is 0 Å². The Morgan fingerprint density at radius 3 is 2.54 bits per heavy atom. The number of aryl methyl sites for hydroxylation is 1. The highest BCUT2D eigenvalue weighted by atomic mass is 32.1. The summed E-state index contributed by atoms with van der Waals surface area (Å²) in [5, 5.41) is 2.11. The molecule has 0 spiro atoms. The van der Waals surface area contributed by atoms with Crippen molar-refractivity contribution in [2.24, 2.45) is 0 Å². The zero-order valence-corrected chi connectivity index (χ0v) is 13.6. The molecule has 0 amide bonds.